The summed E-state index contributed by atoms with van der Waals surface area (Å²) in [4.78, 5) is 0. The minimum Gasteiger partial charge on any atom is -0.318 e. The lowest BCUT2D eigenvalue weighted by Crippen LogP contribution is -2.50. The Balaban J connectivity index is 0.000000364. The summed E-state index contributed by atoms with van der Waals surface area (Å²) < 4.78 is 36.1. The molecule has 0 radical (unpaired) electrons. The van der Waals surface area contributed by atoms with E-state index < -0.39 is 11.7 Å². The van der Waals surface area contributed by atoms with Crippen molar-refractivity contribution in [3.63, 3.8) is 0 Å². The van der Waals surface area contributed by atoms with Crippen molar-refractivity contribution in [3.8, 4) is 0 Å². The Bertz CT molecular complexity index is 154. The Kier molecular flexibility index (Phi) is 4.92. The molecule has 0 bridgehead atoms. The zero-order valence-corrected chi connectivity index (χ0v) is 9.12. The molecule has 86 valence electrons. The van der Waals surface area contributed by atoms with Crippen molar-refractivity contribution < 1.29 is 13.2 Å². The van der Waals surface area contributed by atoms with Gasteiger partial charge in [-0.15, -0.1) is 0 Å². The maximum Gasteiger partial charge on any atom is 0.406 e. The molecule has 0 unspecified atom stereocenters. The van der Waals surface area contributed by atoms with Gasteiger partial charge in [0.2, 0.25) is 0 Å². The average molecular weight is 211 g/mol. The van der Waals surface area contributed by atoms with Gasteiger partial charge in [0.15, 0.2) is 0 Å². The lowest BCUT2D eigenvalue weighted by Gasteiger charge is -2.26. The van der Waals surface area contributed by atoms with E-state index in [1.54, 1.807) is 0 Å². The number of nitrogens with two attached hydrogens (primary N) is 1. The summed E-state index contributed by atoms with van der Waals surface area (Å²) in [6.07, 6.45) is -2.80. The van der Waals surface area contributed by atoms with E-state index in [0.717, 1.165) is 5.92 Å². The van der Waals surface area contributed by atoms with Crippen molar-refractivity contribution in [1.29, 1.82) is 0 Å². The summed E-state index contributed by atoms with van der Waals surface area (Å²) in [5.41, 5.74) is 3.24. The fourth-order valence-corrected chi connectivity index (χ4v) is 1.29. The van der Waals surface area contributed by atoms with Crippen LogP contribution in [-0.2, 0) is 0 Å². The molecule has 2 N–H and O–H groups in total. The van der Waals surface area contributed by atoms with Crippen molar-refractivity contribution in [2.24, 2.45) is 11.7 Å². The van der Waals surface area contributed by atoms with Crippen LogP contribution >= 0.6 is 0 Å². The molecule has 1 aliphatic rings. The second kappa shape index (κ2) is 5.01. The third-order valence-electron chi connectivity index (χ3n) is 2.06. The molecule has 0 aliphatic heterocycles. The van der Waals surface area contributed by atoms with Crippen molar-refractivity contribution in [1.82, 2.24) is 0 Å². The molecule has 0 aromatic carbocycles. The van der Waals surface area contributed by atoms with Crippen LogP contribution in [0.5, 0.6) is 0 Å². The topological polar surface area (TPSA) is 26.0 Å². The van der Waals surface area contributed by atoms with Gasteiger partial charge in [0.25, 0.3) is 0 Å². The number of hydrogen-bond acceptors (Lipinski definition) is 1. The molecule has 0 atom stereocenters. The first kappa shape index (κ1) is 13.8. The van der Waals surface area contributed by atoms with Gasteiger partial charge in [-0.3, -0.25) is 0 Å². The van der Waals surface area contributed by atoms with Gasteiger partial charge in [-0.05, 0) is 18.8 Å². The summed E-state index contributed by atoms with van der Waals surface area (Å²) in [6, 6.07) is 0. The van der Waals surface area contributed by atoms with Crippen molar-refractivity contribution >= 4 is 0 Å². The van der Waals surface area contributed by atoms with Gasteiger partial charge in [-0.25, -0.2) is 0 Å². The van der Waals surface area contributed by atoms with Gasteiger partial charge in [0.1, 0.15) is 5.54 Å². The molecule has 1 rings (SSSR count). The Labute approximate surface area is 83.9 Å². The summed E-state index contributed by atoms with van der Waals surface area (Å²) in [5.74, 6) is 0.833. The Morgan fingerprint density at radius 1 is 1.07 bits per heavy atom. The minimum atomic E-state index is -4.20. The summed E-state index contributed by atoms with van der Waals surface area (Å²) in [7, 11) is 0. The first-order chi connectivity index (χ1) is 6.19. The van der Waals surface area contributed by atoms with Gasteiger partial charge >= 0.3 is 6.18 Å². The van der Waals surface area contributed by atoms with Crippen LogP contribution in [0.25, 0.3) is 0 Å². The molecular weight excluding hydrogens is 191 g/mol. The number of halogens is 3. The normalized spacial score (nSPS) is 20.6. The molecule has 1 saturated carbocycles. The van der Waals surface area contributed by atoms with Crippen molar-refractivity contribution in [2.75, 3.05) is 0 Å². The van der Waals surface area contributed by atoms with Crippen LogP contribution in [0.2, 0.25) is 0 Å². The first-order valence-corrected chi connectivity index (χ1v) is 5.04. The van der Waals surface area contributed by atoms with E-state index in [4.69, 9.17) is 5.73 Å². The Hall–Kier alpha value is -0.250. The second-order valence-electron chi connectivity index (χ2n) is 4.59. The highest BCUT2D eigenvalue weighted by atomic mass is 19.4. The molecule has 4 heteroatoms. The second-order valence-corrected chi connectivity index (χ2v) is 4.59. The Morgan fingerprint density at radius 3 is 1.50 bits per heavy atom. The molecule has 0 aromatic heterocycles. The number of alkyl halides is 3. The third kappa shape index (κ3) is 4.31. The van der Waals surface area contributed by atoms with E-state index >= 15 is 0 Å². The predicted molar refractivity (Wildman–Crippen MR) is 52.0 cm³/mol. The number of rotatable bonds is 0. The lowest BCUT2D eigenvalue weighted by atomic mass is 9.99. The third-order valence-corrected chi connectivity index (χ3v) is 2.06. The predicted octanol–water partition coefficient (Wildman–Crippen LogP) is 3.48. The van der Waals surface area contributed by atoms with Crippen LogP contribution in [0.3, 0.4) is 0 Å². The molecule has 1 aliphatic carbocycles. The molecule has 0 spiro atoms. The van der Waals surface area contributed by atoms with Gasteiger partial charge in [0.05, 0.1) is 0 Å². The molecule has 0 heterocycles. The van der Waals surface area contributed by atoms with Crippen LogP contribution in [0, 0.1) is 5.92 Å². The molecule has 0 aromatic rings. The molecule has 1 fully saturated rings. The smallest absolute Gasteiger partial charge is 0.318 e. The zero-order chi connectivity index (χ0) is 11.4. The van der Waals surface area contributed by atoms with Gasteiger partial charge < -0.3 is 5.73 Å². The molecule has 0 amide bonds. The van der Waals surface area contributed by atoms with Crippen LogP contribution in [0.4, 0.5) is 13.2 Å². The van der Waals surface area contributed by atoms with E-state index in [0.29, 0.717) is 12.8 Å². The van der Waals surface area contributed by atoms with Crippen molar-refractivity contribution in [3.05, 3.63) is 0 Å². The van der Waals surface area contributed by atoms with Crippen LogP contribution in [0.1, 0.15) is 46.5 Å². The van der Waals surface area contributed by atoms with Crippen molar-refractivity contribution in [2.45, 2.75) is 58.2 Å². The fourth-order valence-electron chi connectivity index (χ4n) is 1.29. The quantitative estimate of drug-likeness (QED) is 0.652. The highest BCUT2D eigenvalue weighted by Gasteiger charge is 2.52. The summed E-state index contributed by atoms with van der Waals surface area (Å²) in [5, 5.41) is 0. The summed E-state index contributed by atoms with van der Waals surface area (Å²) in [6.45, 7) is 6.50. The molecule has 14 heavy (non-hydrogen) atoms. The highest BCUT2D eigenvalue weighted by molar-refractivity contribution is 4.95. The summed E-state index contributed by atoms with van der Waals surface area (Å²) >= 11 is 0. The minimum absolute atomic E-state index is 0.0938. The number of hydrogen-bond donors (Lipinski definition) is 1. The highest BCUT2D eigenvalue weighted by Crippen LogP contribution is 2.40. The first-order valence-electron chi connectivity index (χ1n) is 5.04. The lowest BCUT2D eigenvalue weighted by molar-refractivity contribution is -0.183. The standard InChI is InChI=1S/C6H10F3N.C4H10/c7-6(8,9)5(10)3-1-2-4-5;1-4(2)3/h1-4,10H2;4H,1-3H3. The fraction of sp³-hybridized carbons (Fsp3) is 1.00. The van der Waals surface area contributed by atoms with Crippen LogP contribution in [-0.4, -0.2) is 11.7 Å². The maximum absolute atomic E-state index is 12.0. The molecule has 0 saturated heterocycles. The monoisotopic (exact) mass is 211 g/mol. The SMILES string of the molecule is CC(C)C.NC1(C(F)(F)F)CCCC1. The average Bonchev–Trinajstić information content (AvgIpc) is 2.33. The van der Waals surface area contributed by atoms with Crippen LogP contribution in [0.15, 0.2) is 0 Å². The van der Waals surface area contributed by atoms with Gasteiger partial charge in [-0.2, -0.15) is 13.2 Å². The van der Waals surface area contributed by atoms with Gasteiger partial charge in [-0.1, -0.05) is 33.6 Å². The van der Waals surface area contributed by atoms with E-state index in [2.05, 4.69) is 20.8 Å². The molecule has 1 nitrogen and oxygen atoms in total. The Morgan fingerprint density at radius 2 is 1.36 bits per heavy atom. The van der Waals surface area contributed by atoms with E-state index in [9.17, 15) is 13.2 Å². The largest absolute Gasteiger partial charge is 0.406 e. The van der Waals surface area contributed by atoms with E-state index in [-0.39, 0.29) is 12.8 Å². The van der Waals surface area contributed by atoms with E-state index in [1.807, 2.05) is 0 Å². The van der Waals surface area contributed by atoms with Crippen LogP contribution < -0.4 is 5.73 Å². The zero-order valence-electron chi connectivity index (χ0n) is 9.12. The maximum atomic E-state index is 12.0. The van der Waals surface area contributed by atoms with Gasteiger partial charge in [0, 0.05) is 0 Å². The van der Waals surface area contributed by atoms with E-state index in [1.165, 1.54) is 0 Å². The molecular formula is C10H20F3N.